The second-order valence-electron chi connectivity index (χ2n) is 6.97. The molecule has 126 valence electrons. The number of rotatable bonds is 12. The summed E-state index contributed by atoms with van der Waals surface area (Å²) in [6, 6.07) is 0.671. The standard InChI is InChI=1S/C19H39NO/c1-6-10-11-12-13-16(5)21-18-15-17(20-14-7-2)19(18,8-3)9-4/h16-18,20H,6-15H2,1-5H3. The van der Waals surface area contributed by atoms with Crippen molar-refractivity contribution in [2.24, 2.45) is 5.41 Å². The molecule has 0 radical (unpaired) electrons. The third-order valence-electron chi connectivity index (χ3n) is 5.60. The van der Waals surface area contributed by atoms with Gasteiger partial charge in [0.25, 0.3) is 0 Å². The Labute approximate surface area is 133 Å². The predicted molar refractivity (Wildman–Crippen MR) is 92.8 cm³/mol. The van der Waals surface area contributed by atoms with E-state index < -0.39 is 0 Å². The van der Waals surface area contributed by atoms with Gasteiger partial charge in [-0.15, -0.1) is 0 Å². The summed E-state index contributed by atoms with van der Waals surface area (Å²) in [4.78, 5) is 0. The van der Waals surface area contributed by atoms with Crippen molar-refractivity contribution in [3.8, 4) is 0 Å². The lowest BCUT2D eigenvalue weighted by atomic mass is 9.58. The summed E-state index contributed by atoms with van der Waals surface area (Å²) < 4.78 is 6.43. The first-order valence-corrected chi connectivity index (χ1v) is 9.53. The Balaban J connectivity index is 2.40. The molecule has 0 amide bonds. The van der Waals surface area contributed by atoms with Gasteiger partial charge in [0.1, 0.15) is 0 Å². The van der Waals surface area contributed by atoms with Crippen LogP contribution in [0.3, 0.4) is 0 Å². The molecule has 21 heavy (non-hydrogen) atoms. The van der Waals surface area contributed by atoms with E-state index in [4.69, 9.17) is 4.74 Å². The van der Waals surface area contributed by atoms with Crippen molar-refractivity contribution in [2.45, 2.75) is 111 Å². The van der Waals surface area contributed by atoms with Gasteiger partial charge in [-0.3, -0.25) is 0 Å². The summed E-state index contributed by atoms with van der Waals surface area (Å²) in [6.07, 6.45) is 12.4. The lowest BCUT2D eigenvalue weighted by Crippen LogP contribution is -2.64. The first kappa shape index (κ1) is 19.0. The van der Waals surface area contributed by atoms with Gasteiger partial charge in [-0.2, -0.15) is 0 Å². The second-order valence-corrected chi connectivity index (χ2v) is 6.97. The molecule has 1 aliphatic carbocycles. The molecule has 3 unspecified atom stereocenters. The zero-order chi connectivity index (χ0) is 15.7. The van der Waals surface area contributed by atoms with Crippen LogP contribution in [-0.4, -0.2) is 24.8 Å². The molecule has 1 aliphatic rings. The van der Waals surface area contributed by atoms with Gasteiger partial charge in [0.05, 0.1) is 12.2 Å². The Hall–Kier alpha value is -0.0800. The number of ether oxygens (including phenoxy) is 1. The molecule has 3 atom stereocenters. The SMILES string of the molecule is CCCCCCC(C)OC1CC(NCCC)C1(CC)CC. The molecule has 0 saturated heterocycles. The second kappa shape index (κ2) is 9.84. The Morgan fingerprint density at radius 3 is 2.33 bits per heavy atom. The van der Waals surface area contributed by atoms with Crippen LogP contribution in [0.25, 0.3) is 0 Å². The largest absolute Gasteiger partial charge is 0.375 e. The van der Waals surface area contributed by atoms with Gasteiger partial charge in [-0.1, -0.05) is 53.4 Å². The minimum Gasteiger partial charge on any atom is -0.375 e. The van der Waals surface area contributed by atoms with E-state index in [1.54, 1.807) is 0 Å². The fraction of sp³-hybridized carbons (Fsp3) is 1.00. The average molecular weight is 298 g/mol. The molecule has 2 heteroatoms. The summed E-state index contributed by atoms with van der Waals surface area (Å²) in [7, 11) is 0. The van der Waals surface area contributed by atoms with Gasteiger partial charge in [0.2, 0.25) is 0 Å². The van der Waals surface area contributed by atoms with E-state index >= 15 is 0 Å². The van der Waals surface area contributed by atoms with Crippen molar-refractivity contribution in [3.63, 3.8) is 0 Å². The summed E-state index contributed by atoms with van der Waals surface area (Å²) in [5, 5.41) is 3.74. The maximum Gasteiger partial charge on any atom is 0.0664 e. The number of hydrogen-bond acceptors (Lipinski definition) is 2. The minimum absolute atomic E-state index is 0.382. The van der Waals surface area contributed by atoms with E-state index in [1.807, 2.05) is 0 Å². The van der Waals surface area contributed by atoms with E-state index in [9.17, 15) is 0 Å². The van der Waals surface area contributed by atoms with Crippen molar-refractivity contribution in [3.05, 3.63) is 0 Å². The van der Waals surface area contributed by atoms with Crippen LogP contribution in [0.2, 0.25) is 0 Å². The van der Waals surface area contributed by atoms with Gasteiger partial charge in [-0.25, -0.2) is 0 Å². The molecule has 1 fully saturated rings. The van der Waals surface area contributed by atoms with Crippen molar-refractivity contribution >= 4 is 0 Å². The quantitative estimate of drug-likeness (QED) is 0.493. The molecular formula is C19H39NO. The molecule has 0 aromatic heterocycles. The third kappa shape index (κ3) is 4.96. The molecule has 0 bridgehead atoms. The summed E-state index contributed by atoms with van der Waals surface area (Å²) in [5.74, 6) is 0. The summed E-state index contributed by atoms with van der Waals surface area (Å²) >= 11 is 0. The number of hydrogen-bond donors (Lipinski definition) is 1. The molecule has 1 N–H and O–H groups in total. The fourth-order valence-electron chi connectivity index (χ4n) is 3.95. The average Bonchev–Trinajstić information content (AvgIpc) is 2.48. The highest BCUT2D eigenvalue weighted by Crippen LogP contribution is 2.49. The Morgan fingerprint density at radius 2 is 1.76 bits per heavy atom. The normalized spacial score (nSPS) is 25.6. The molecule has 1 saturated carbocycles. The highest BCUT2D eigenvalue weighted by Gasteiger charge is 2.53. The van der Waals surface area contributed by atoms with Crippen LogP contribution in [0, 0.1) is 5.41 Å². The van der Waals surface area contributed by atoms with Gasteiger partial charge >= 0.3 is 0 Å². The topological polar surface area (TPSA) is 21.3 Å². The van der Waals surface area contributed by atoms with Crippen LogP contribution >= 0.6 is 0 Å². The minimum atomic E-state index is 0.382. The summed E-state index contributed by atoms with van der Waals surface area (Å²) in [6.45, 7) is 12.6. The maximum atomic E-state index is 6.43. The lowest BCUT2D eigenvalue weighted by molar-refractivity contribution is -0.164. The van der Waals surface area contributed by atoms with Gasteiger partial charge in [-0.05, 0) is 45.6 Å². The molecular weight excluding hydrogens is 258 g/mol. The van der Waals surface area contributed by atoms with E-state index in [0.29, 0.717) is 23.7 Å². The van der Waals surface area contributed by atoms with Crippen LogP contribution < -0.4 is 5.32 Å². The molecule has 2 nitrogen and oxygen atoms in total. The number of unbranched alkanes of at least 4 members (excludes halogenated alkanes) is 3. The van der Waals surface area contributed by atoms with Gasteiger partial charge < -0.3 is 10.1 Å². The molecule has 0 heterocycles. The molecule has 0 aliphatic heterocycles. The van der Waals surface area contributed by atoms with E-state index in [0.717, 1.165) is 6.54 Å². The van der Waals surface area contributed by atoms with Crippen molar-refractivity contribution in [1.82, 2.24) is 5.32 Å². The Bertz CT molecular complexity index is 262. The lowest BCUT2D eigenvalue weighted by Gasteiger charge is -2.56. The zero-order valence-electron chi connectivity index (χ0n) is 15.2. The van der Waals surface area contributed by atoms with Gasteiger partial charge in [0, 0.05) is 11.5 Å². The fourth-order valence-corrected chi connectivity index (χ4v) is 3.95. The van der Waals surface area contributed by atoms with Crippen LogP contribution in [0.1, 0.15) is 92.4 Å². The highest BCUT2D eigenvalue weighted by atomic mass is 16.5. The van der Waals surface area contributed by atoms with Crippen LogP contribution in [-0.2, 0) is 4.74 Å². The molecule has 0 spiro atoms. The van der Waals surface area contributed by atoms with Crippen molar-refractivity contribution in [1.29, 1.82) is 0 Å². The maximum absolute atomic E-state index is 6.43. The number of nitrogens with one attached hydrogen (secondary N) is 1. The highest BCUT2D eigenvalue weighted by molar-refractivity contribution is 5.06. The van der Waals surface area contributed by atoms with E-state index in [1.165, 1.54) is 57.8 Å². The van der Waals surface area contributed by atoms with Crippen LogP contribution in [0.15, 0.2) is 0 Å². The van der Waals surface area contributed by atoms with Crippen molar-refractivity contribution in [2.75, 3.05) is 6.54 Å². The first-order valence-electron chi connectivity index (χ1n) is 9.53. The van der Waals surface area contributed by atoms with Crippen LogP contribution in [0.5, 0.6) is 0 Å². The Kier molecular flexibility index (Phi) is 8.89. The van der Waals surface area contributed by atoms with Crippen LogP contribution in [0.4, 0.5) is 0 Å². The molecule has 1 rings (SSSR count). The molecule has 0 aromatic rings. The predicted octanol–water partition coefficient (Wildman–Crippen LogP) is 5.31. The van der Waals surface area contributed by atoms with Crippen molar-refractivity contribution < 1.29 is 4.74 Å². The smallest absolute Gasteiger partial charge is 0.0664 e. The first-order chi connectivity index (χ1) is 10.1. The molecule has 0 aromatic carbocycles. The van der Waals surface area contributed by atoms with E-state index in [2.05, 4.69) is 39.9 Å². The Morgan fingerprint density at radius 1 is 1.05 bits per heavy atom. The van der Waals surface area contributed by atoms with Gasteiger partial charge in [0.15, 0.2) is 0 Å². The monoisotopic (exact) mass is 297 g/mol. The summed E-state index contributed by atoms with van der Waals surface area (Å²) in [5.41, 5.74) is 0.382. The third-order valence-corrected chi connectivity index (χ3v) is 5.60. The van der Waals surface area contributed by atoms with E-state index in [-0.39, 0.29) is 0 Å². The zero-order valence-corrected chi connectivity index (χ0v) is 15.2.